The molecule has 6 nitrogen and oxygen atoms in total. The molecule has 2 aromatic heterocycles. The van der Waals surface area contributed by atoms with E-state index < -0.39 is 0 Å². The van der Waals surface area contributed by atoms with Crippen molar-refractivity contribution < 1.29 is 9.53 Å². The Labute approximate surface area is 113 Å². The van der Waals surface area contributed by atoms with Crippen LogP contribution in [0.3, 0.4) is 0 Å². The number of rotatable bonds is 3. The SMILES string of the molecule is CCOC(=O)C1=CNc2nncn2C1c1cccs1. The number of thiophene rings is 1. The molecule has 0 saturated heterocycles. The van der Waals surface area contributed by atoms with Crippen molar-refractivity contribution in [2.75, 3.05) is 11.9 Å². The van der Waals surface area contributed by atoms with E-state index in [1.54, 1.807) is 30.8 Å². The fourth-order valence-corrected chi connectivity index (χ4v) is 2.87. The average molecular weight is 276 g/mol. The van der Waals surface area contributed by atoms with Gasteiger partial charge >= 0.3 is 5.97 Å². The van der Waals surface area contributed by atoms with Gasteiger partial charge in [0, 0.05) is 11.1 Å². The maximum atomic E-state index is 12.1. The summed E-state index contributed by atoms with van der Waals surface area (Å²) in [5.41, 5.74) is 0.552. The molecule has 0 bridgehead atoms. The van der Waals surface area contributed by atoms with Gasteiger partial charge in [-0.25, -0.2) is 4.79 Å². The van der Waals surface area contributed by atoms with Crippen LogP contribution in [0.1, 0.15) is 17.8 Å². The molecule has 3 heterocycles. The molecule has 1 unspecified atom stereocenters. The van der Waals surface area contributed by atoms with Crippen LogP contribution in [-0.4, -0.2) is 27.3 Å². The van der Waals surface area contributed by atoms with Gasteiger partial charge in [-0.3, -0.25) is 4.57 Å². The summed E-state index contributed by atoms with van der Waals surface area (Å²) in [5, 5.41) is 12.8. The van der Waals surface area contributed by atoms with Crippen LogP contribution < -0.4 is 5.32 Å². The Morgan fingerprint density at radius 1 is 1.63 bits per heavy atom. The molecule has 98 valence electrons. The van der Waals surface area contributed by atoms with E-state index in [0.717, 1.165) is 4.88 Å². The molecule has 0 saturated carbocycles. The van der Waals surface area contributed by atoms with Crippen LogP contribution in [0.25, 0.3) is 0 Å². The minimum Gasteiger partial charge on any atom is -0.463 e. The molecular formula is C12H12N4O2S. The zero-order valence-corrected chi connectivity index (χ0v) is 11.1. The number of aromatic nitrogens is 3. The van der Waals surface area contributed by atoms with Crippen molar-refractivity contribution >= 4 is 23.3 Å². The quantitative estimate of drug-likeness (QED) is 0.866. The van der Waals surface area contributed by atoms with Crippen molar-refractivity contribution in [3.8, 4) is 0 Å². The van der Waals surface area contributed by atoms with Gasteiger partial charge in [0.2, 0.25) is 5.95 Å². The highest BCUT2D eigenvalue weighted by atomic mass is 32.1. The third-order valence-corrected chi connectivity index (χ3v) is 3.75. The number of anilines is 1. The second kappa shape index (κ2) is 4.85. The topological polar surface area (TPSA) is 69.0 Å². The monoisotopic (exact) mass is 276 g/mol. The third-order valence-electron chi connectivity index (χ3n) is 2.83. The smallest absolute Gasteiger partial charge is 0.338 e. The van der Waals surface area contributed by atoms with Gasteiger partial charge in [0.15, 0.2) is 0 Å². The predicted octanol–water partition coefficient (Wildman–Crippen LogP) is 1.80. The zero-order valence-electron chi connectivity index (χ0n) is 10.2. The van der Waals surface area contributed by atoms with Gasteiger partial charge in [-0.1, -0.05) is 6.07 Å². The van der Waals surface area contributed by atoms with Gasteiger partial charge in [0.05, 0.1) is 12.2 Å². The predicted molar refractivity (Wildman–Crippen MR) is 70.8 cm³/mol. The molecule has 1 N–H and O–H groups in total. The summed E-state index contributed by atoms with van der Waals surface area (Å²) < 4.78 is 6.94. The lowest BCUT2D eigenvalue weighted by molar-refractivity contribution is -0.138. The van der Waals surface area contributed by atoms with E-state index >= 15 is 0 Å². The van der Waals surface area contributed by atoms with Gasteiger partial charge in [0.1, 0.15) is 12.4 Å². The standard InChI is InChI=1S/C12H12N4O2S/c1-2-18-11(17)8-6-13-12-15-14-7-16(12)10(8)9-4-3-5-19-9/h3-7,10H,2H2,1H3,(H,13,15). The fourth-order valence-electron chi connectivity index (χ4n) is 2.03. The number of nitrogens with zero attached hydrogens (tertiary/aromatic N) is 3. The maximum absolute atomic E-state index is 12.1. The number of ether oxygens (including phenoxy) is 1. The number of hydrogen-bond donors (Lipinski definition) is 1. The largest absolute Gasteiger partial charge is 0.463 e. The van der Waals surface area contributed by atoms with Crippen molar-refractivity contribution in [3.05, 3.63) is 40.5 Å². The minimum absolute atomic E-state index is 0.231. The van der Waals surface area contributed by atoms with E-state index in [2.05, 4.69) is 15.5 Å². The maximum Gasteiger partial charge on any atom is 0.338 e. The van der Waals surface area contributed by atoms with Gasteiger partial charge in [0.25, 0.3) is 0 Å². The van der Waals surface area contributed by atoms with Gasteiger partial charge < -0.3 is 10.1 Å². The number of carbonyl (C=O) groups is 1. The van der Waals surface area contributed by atoms with E-state index in [1.165, 1.54) is 0 Å². The number of fused-ring (bicyclic) bond motifs is 1. The second-order valence-electron chi connectivity index (χ2n) is 3.94. The molecule has 0 amide bonds. The summed E-state index contributed by atoms with van der Waals surface area (Å²) in [6.45, 7) is 2.14. The van der Waals surface area contributed by atoms with Crippen LogP contribution in [0.2, 0.25) is 0 Å². The number of carbonyl (C=O) groups excluding carboxylic acids is 1. The Kier molecular flexibility index (Phi) is 3.04. The molecule has 7 heteroatoms. The van der Waals surface area contributed by atoms with Crippen LogP contribution >= 0.6 is 11.3 Å². The van der Waals surface area contributed by atoms with Crippen molar-refractivity contribution in [3.63, 3.8) is 0 Å². The lowest BCUT2D eigenvalue weighted by Gasteiger charge is -2.24. The van der Waals surface area contributed by atoms with Gasteiger partial charge in [-0.2, -0.15) is 0 Å². The normalized spacial score (nSPS) is 17.3. The first kappa shape index (κ1) is 11.9. The molecule has 1 atom stereocenters. The average Bonchev–Trinajstić information content (AvgIpc) is 3.08. The molecule has 0 aromatic carbocycles. The summed E-state index contributed by atoms with van der Waals surface area (Å²) in [4.78, 5) is 13.1. The first-order valence-electron chi connectivity index (χ1n) is 5.88. The third kappa shape index (κ3) is 2.01. The first-order chi connectivity index (χ1) is 9.31. The summed E-state index contributed by atoms with van der Waals surface area (Å²) in [6.07, 6.45) is 3.26. The van der Waals surface area contributed by atoms with Crippen molar-refractivity contribution in [2.45, 2.75) is 13.0 Å². The highest BCUT2D eigenvalue weighted by Gasteiger charge is 2.31. The number of nitrogens with one attached hydrogen (secondary N) is 1. The Balaban J connectivity index is 2.04. The lowest BCUT2D eigenvalue weighted by atomic mass is 10.1. The summed E-state index contributed by atoms with van der Waals surface area (Å²) >= 11 is 1.58. The molecule has 3 rings (SSSR count). The Morgan fingerprint density at radius 3 is 3.26 bits per heavy atom. The van der Waals surface area contributed by atoms with Crippen molar-refractivity contribution in [2.24, 2.45) is 0 Å². The van der Waals surface area contributed by atoms with Crippen LogP contribution in [0.5, 0.6) is 0 Å². The Bertz CT molecular complexity index is 617. The fraction of sp³-hybridized carbons (Fsp3) is 0.250. The molecule has 0 fully saturated rings. The minimum atomic E-state index is -0.326. The highest BCUT2D eigenvalue weighted by molar-refractivity contribution is 7.10. The molecular weight excluding hydrogens is 264 g/mol. The van der Waals surface area contributed by atoms with Crippen LogP contribution in [0.4, 0.5) is 5.95 Å². The van der Waals surface area contributed by atoms with E-state index in [-0.39, 0.29) is 12.0 Å². The van der Waals surface area contributed by atoms with E-state index in [1.807, 2.05) is 22.1 Å². The summed E-state index contributed by atoms with van der Waals surface area (Å²) in [5.74, 6) is 0.291. The number of esters is 1. The summed E-state index contributed by atoms with van der Waals surface area (Å²) in [6, 6.07) is 3.71. The first-order valence-corrected chi connectivity index (χ1v) is 6.76. The zero-order chi connectivity index (χ0) is 13.2. The molecule has 2 aromatic rings. The molecule has 0 radical (unpaired) electrons. The van der Waals surface area contributed by atoms with E-state index in [4.69, 9.17) is 4.74 Å². The van der Waals surface area contributed by atoms with Crippen molar-refractivity contribution in [1.29, 1.82) is 0 Å². The van der Waals surface area contributed by atoms with Crippen molar-refractivity contribution in [1.82, 2.24) is 14.8 Å². The molecule has 0 spiro atoms. The van der Waals surface area contributed by atoms with Crippen LogP contribution in [-0.2, 0) is 9.53 Å². The lowest BCUT2D eigenvalue weighted by Crippen LogP contribution is -2.25. The molecule has 1 aliphatic heterocycles. The highest BCUT2D eigenvalue weighted by Crippen LogP contribution is 2.34. The molecule has 19 heavy (non-hydrogen) atoms. The van der Waals surface area contributed by atoms with Gasteiger partial charge in [-0.15, -0.1) is 21.5 Å². The van der Waals surface area contributed by atoms with Gasteiger partial charge in [-0.05, 0) is 18.4 Å². The number of hydrogen-bond acceptors (Lipinski definition) is 6. The van der Waals surface area contributed by atoms with Crippen LogP contribution in [0, 0.1) is 0 Å². The van der Waals surface area contributed by atoms with Crippen LogP contribution in [0.15, 0.2) is 35.6 Å². The van der Waals surface area contributed by atoms with E-state index in [0.29, 0.717) is 18.1 Å². The Hall–Kier alpha value is -2.15. The second-order valence-corrected chi connectivity index (χ2v) is 4.92. The molecule has 0 aliphatic carbocycles. The molecule has 1 aliphatic rings. The summed E-state index contributed by atoms with van der Waals surface area (Å²) in [7, 11) is 0. The Morgan fingerprint density at radius 2 is 2.53 bits per heavy atom. The van der Waals surface area contributed by atoms with E-state index in [9.17, 15) is 4.79 Å².